The van der Waals surface area contributed by atoms with Crippen molar-refractivity contribution in [1.29, 1.82) is 0 Å². The summed E-state index contributed by atoms with van der Waals surface area (Å²) in [6.07, 6.45) is 4.76. The molecule has 2 aromatic rings. The number of aryl methyl sites for hydroxylation is 1. The molecule has 0 radical (unpaired) electrons. The Balaban J connectivity index is 1.41. The standard InChI is InChI=1S/C23H28N2O3S/c1-23(13-12-18-6-3-2-4-7-18)14-15-25(17-23)22(26)19-8-5-9-21(16-19)29(27,28)24-20-10-11-20/h2-9,16,20,24H,10-15,17H2,1H3/t23-/m0/s1. The van der Waals surface area contributed by atoms with E-state index in [9.17, 15) is 13.2 Å². The SMILES string of the molecule is C[C@]1(CCc2ccccc2)CCN(C(=O)c2cccc(S(=O)(=O)NC3CC3)c2)C1. The average molecular weight is 413 g/mol. The normalized spacial score (nSPS) is 22.0. The maximum Gasteiger partial charge on any atom is 0.253 e. The number of carbonyl (C=O) groups excluding carboxylic acids is 1. The fourth-order valence-electron chi connectivity index (χ4n) is 3.96. The molecule has 2 aromatic carbocycles. The lowest BCUT2D eigenvalue weighted by Gasteiger charge is -2.25. The Hall–Kier alpha value is -2.18. The van der Waals surface area contributed by atoms with Crippen molar-refractivity contribution in [2.45, 2.75) is 50.0 Å². The van der Waals surface area contributed by atoms with Crippen LogP contribution >= 0.6 is 0 Å². The van der Waals surface area contributed by atoms with Gasteiger partial charge in [-0.3, -0.25) is 4.79 Å². The van der Waals surface area contributed by atoms with Gasteiger partial charge in [0.25, 0.3) is 5.91 Å². The van der Waals surface area contributed by atoms with Gasteiger partial charge in [0.15, 0.2) is 0 Å². The van der Waals surface area contributed by atoms with Gasteiger partial charge in [-0.05, 0) is 61.3 Å². The fourth-order valence-corrected chi connectivity index (χ4v) is 5.31. The summed E-state index contributed by atoms with van der Waals surface area (Å²) in [5.41, 5.74) is 1.85. The van der Waals surface area contributed by atoms with Crippen LogP contribution in [0.3, 0.4) is 0 Å². The fraction of sp³-hybridized carbons (Fsp3) is 0.435. The first-order valence-electron chi connectivity index (χ1n) is 10.3. The first kappa shape index (κ1) is 20.1. The Labute approximate surface area is 173 Å². The lowest BCUT2D eigenvalue weighted by molar-refractivity contribution is 0.0773. The number of nitrogens with zero attached hydrogens (tertiary/aromatic N) is 1. The Bertz CT molecular complexity index is 986. The molecule has 1 heterocycles. The van der Waals surface area contributed by atoms with Crippen LogP contribution in [0.2, 0.25) is 0 Å². The minimum Gasteiger partial charge on any atom is -0.338 e. The van der Waals surface area contributed by atoms with E-state index in [1.165, 1.54) is 11.6 Å². The minimum absolute atomic E-state index is 0.0447. The van der Waals surface area contributed by atoms with E-state index in [2.05, 4.69) is 35.9 Å². The second kappa shape index (κ2) is 7.92. The summed E-state index contributed by atoms with van der Waals surface area (Å²) in [6, 6.07) is 16.9. The third-order valence-electron chi connectivity index (χ3n) is 6.00. The zero-order valence-electron chi connectivity index (χ0n) is 16.8. The number of likely N-dealkylation sites (tertiary alicyclic amines) is 1. The lowest BCUT2D eigenvalue weighted by atomic mass is 9.83. The first-order chi connectivity index (χ1) is 13.8. The Kier molecular flexibility index (Phi) is 5.49. The van der Waals surface area contributed by atoms with Gasteiger partial charge in [-0.25, -0.2) is 13.1 Å². The summed E-state index contributed by atoms with van der Waals surface area (Å²) in [5, 5.41) is 0. The highest BCUT2D eigenvalue weighted by molar-refractivity contribution is 7.89. The van der Waals surface area contributed by atoms with E-state index in [0.717, 1.165) is 32.1 Å². The van der Waals surface area contributed by atoms with Gasteiger partial charge in [0.2, 0.25) is 10.0 Å². The Morgan fingerprint density at radius 1 is 1.14 bits per heavy atom. The smallest absolute Gasteiger partial charge is 0.253 e. The van der Waals surface area contributed by atoms with Crippen LogP contribution in [0.25, 0.3) is 0 Å². The summed E-state index contributed by atoms with van der Waals surface area (Å²) in [5.74, 6) is -0.0862. The van der Waals surface area contributed by atoms with Gasteiger partial charge in [0, 0.05) is 24.7 Å². The molecule has 1 amide bonds. The van der Waals surface area contributed by atoms with E-state index in [0.29, 0.717) is 18.7 Å². The highest BCUT2D eigenvalue weighted by Gasteiger charge is 2.36. The Morgan fingerprint density at radius 3 is 2.62 bits per heavy atom. The number of hydrogen-bond acceptors (Lipinski definition) is 3. The number of rotatable bonds is 7. The van der Waals surface area contributed by atoms with Gasteiger partial charge in [-0.2, -0.15) is 0 Å². The van der Waals surface area contributed by atoms with E-state index in [1.807, 2.05) is 11.0 Å². The third kappa shape index (κ3) is 4.87. The van der Waals surface area contributed by atoms with Crippen molar-refractivity contribution in [3.63, 3.8) is 0 Å². The van der Waals surface area contributed by atoms with Crippen LogP contribution in [0.5, 0.6) is 0 Å². The van der Waals surface area contributed by atoms with Crippen molar-refractivity contribution in [2.75, 3.05) is 13.1 Å². The maximum absolute atomic E-state index is 13.0. The molecular formula is C23H28N2O3S. The van der Waals surface area contributed by atoms with Crippen molar-refractivity contribution in [3.05, 3.63) is 65.7 Å². The molecule has 0 unspecified atom stereocenters. The molecule has 2 fully saturated rings. The topological polar surface area (TPSA) is 66.5 Å². The van der Waals surface area contributed by atoms with Gasteiger partial charge in [0.05, 0.1) is 4.90 Å². The summed E-state index contributed by atoms with van der Waals surface area (Å²) in [6.45, 7) is 3.65. The zero-order chi connectivity index (χ0) is 20.5. The third-order valence-corrected chi connectivity index (χ3v) is 7.51. The average Bonchev–Trinajstić information content (AvgIpc) is 3.44. The molecule has 1 N–H and O–H groups in total. The van der Waals surface area contributed by atoms with Crippen LogP contribution in [-0.2, 0) is 16.4 Å². The molecule has 4 rings (SSSR count). The largest absolute Gasteiger partial charge is 0.338 e. The van der Waals surface area contributed by atoms with Gasteiger partial charge in [0.1, 0.15) is 0 Å². The van der Waals surface area contributed by atoms with Crippen LogP contribution in [0.4, 0.5) is 0 Å². The summed E-state index contributed by atoms with van der Waals surface area (Å²) >= 11 is 0. The molecule has 1 atom stereocenters. The van der Waals surface area contributed by atoms with E-state index in [1.54, 1.807) is 18.2 Å². The highest BCUT2D eigenvalue weighted by atomic mass is 32.2. The number of carbonyl (C=O) groups is 1. The molecule has 0 bridgehead atoms. The predicted octanol–water partition coefficient (Wildman–Crippen LogP) is 3.61. The van der Waals surface area contributed by atoms with Crippen molar-refractivity contribution in [2.24, 2.45) is 5.41 Å². The monoisotopic (exact) mass is 412 g/mol. The molecule has 1 aliphatic heterocycles. The van der Waals surface area contributed by atoms with Gasteiger partial charge in [-0.1, -0.05) is 43.3 Å². The molecule has 29 heavy (non-hydrogen) atoms. The number of hydrogen-bond donors (Lipinski definition) is 1. The van der Waals surface area contributed by atoms with Gasteiger partial charge < -0.3 is 4.90 Å². The first-order valence-corrected chi connectivity index (χ1v) is 11.8. The molecule has 6 heteroatoms. The minimum atomic E-state index is -3.56. The van der Waals surface area contributed by atoms with Crippen LogP contribution in [0.1, 0.15) is 48.5 Å². The van der Waals surface area contributed by atoms with Crippen molar-refractivity contribution in [1.82, 2.24) is 9.62 Å². The second-order valence-corrected chi connectivity index (χ2v) is 10.4. The number of sulfonamides is 1. The quantitative estimate of drug-likeness (QED) is 0.755. The van der Waals surface area contributed by atoms with Crippen molar-refractivity contribution in [3.8, 4) is 0 Å². The summed E-state index contributed by atoms with van der Waals surface area (Å²) in [4.78, 5) is 15.1. The second-order valence-electron chi connectivity index (χ2n) is 8.70. The number of amides is 1. The maximum atomic E-state index is 13.0. The van der Waals surface area contributed by atoms with Gasteiger partial charge in [-0.15, -0.1) is 0 Å². The number of benzene rings is 2. The lowest BCUT2D eigenvalue weighted by Crippen LogP contribution is -2.31. The molecule has 1 aliphatic carbocycles. The summed E-state index contributed by atoms with van der Waals surface area (Å²) in [7, 11) is -3.56. The molecule has 2 aliphatic rings. The molecule has 154 valence electrons. The van der Waals surface area contributed by atoms with Crippen molar-refractivity contribution < 1.29 is 13.2 Å². The molecule has 0 aromatic heterocycles. The zero-order valence-corrected chi connectivity index (χ0v) is 17.6. The molecule has 5 nitrogen and oxygen atoms in total. The predicted molar refractivity (Wildman–Crippen MR) is 113 cm³/mol. The van der Waals surface area contributed by atoms with E-state index in [-0.39, 0.29) is 22.3 Å². The van der Waals surface area contributed by atoms with Crippen molar-refractivity contribution >= 4 is 15.9 Å². The summed E-state index contributed by atoms with van der Waals surface area (Å²) < 4.78 is 27.6. The van der Waals surface area contributed by atoms with Crippen LogP contribution in [0.15, 0.2) is 59.5 Å². The molecule has 0 spiro atoms. The number of nitrogens with one attached hydrogen (secondary N) is 1. The van der Waals surface area contributed by atoms with Crippen LogP contribution < -0.4 is 4.72 Å². The highest BCUT2D eigenvalue weighted by Crippen LogP contribution is 2.35. The van der Waals surface area contributed by atoms with Gasteiger partial charge >= 0.3 is 0 Å². The van der Waals surface area contributed by atoms with E-state index >= 15 is 0 Å². The van der Waals surface area contributed by atoms with E-state index < -0.39 is 10.0 Å². The Morgan fingerprint density at radius 2 is 1.90 bits per heavy atom. The van der Waals surface area contributed by atoms with E-state index in [4.69, 9.17) is 0 Å². The molecule has 1 saturated carbocycles. The van der Waals surface area contributed by atoms with Crippen LogP contribution in [0, 0.1) is 5.41 Å². The molecular weight excluding hydrogens is 384 g/mol. The molecule has 1 saturated heterocycles. The van der Waals surface area contributed by atoms with Crippen LogP contribution in [-0.4, -0.2) is 38.4 Å².